The van der Waals surface area contributed by atoms with E-state index in [2.05, 4.69) is 10.1 Å². The summed E-state index contributed by atoms with van der Waals surface area (Å²) in [6.07, 6.45) is 1.94. The Balaban J connectivity index is 1.61. The monoisotopic (exact) mass is 323 g/mol. The maximum atomic E-state index is 12.5. The van der Waals surface area contributed by atoms with Gasteiger partial charge in [0.2, 0.25) is 5.91 Å². The Kier molecular flexibility index (Phi) is 3.45. The van der Waals surface area contributed by atoms with E-state index in [0.717, 1.165) is 16.8 Å². The second-order valence-corrected chi connectivity index (χ2v) is 6.08. The molecule has 0 spiro atoms. The first-order valence-corrected chi connectivity index (χ1v) is 7.87. The molecular weight excluding hydrogens is 306 g/mol. The number of anilines is 1. The molecule has 6 heteroatoms. The predicted molar refractivity (Wildman–Crippen MR) is 87.6 cm³/mol. The number of carbonyl (C=O) groups is 1. The van der Waals surface area contributed by atoms with Gasteiger partial charge in [0, 0.05) is 24.6 Å². The van der Waals surface area contributed by atoms with Gasteiger partial charge in [-0.15, -0.1) is 0 Å². The van der Waals surface area contributed by atoms with E-state index in [-0.39, 0.29) is 11.8 Å². The lowest BCUT2D eigenvalue weighted by Crippen LogP contribution is -2.26. The van der Waals surface area contributed by atoms with Crippen molar-refractivity contribution in [3.05, 3.63) is 53.5 Å². The number of carbonyl (C=O) groups excluding carboxylic acids is 1. The number of rotatable bonds is 3. The number of amides is 1. The largest absolute Gasteiger partial charge is 0.459 e. The summed E-state index contributed by atoms with van der Waals surface area (Å²) >= 11 is 0. The van der Waals surface area contributed by atoms with Crippen LogP contribution in [0.5, 0.6) is 0 Å². The highest BCUT2D eigenvalue weighted by Gasteiger charge is 2.35. The minimum atomic E-state index is -0.0797. The van der Waals surface area contributed by atoms with E-state index in [0.29, 0.717) is 30.4 Å². The lowest BCUT2D eigenvalue weighted by Gasteiger charge is -2.21. The number of furan rings is 1. The summed E-state index contributed by atoms with van der Waals surface area (Å²) in [7, 11) is 0. The van der Waals surface area contributed by atoms with Crippen molar-refractivity contribution in [2.24, 2.45) is 0 Å². The molecule has 1 aromatic carbocycles. The first-order chi connectivity index (χ1) is 11.6. The summed E-state index contributed by atoms with van der Waals surface area (Å²) in [5.41, 5.74) is 3.17. The van der Waals surface area contributed by atoms with E-state index < -0.39 is 0 Å². The molecule has 6 nitrogen and oxygen atoms in total. The fourth-order valence-corrected chi connectivity index (χ4v) is 3.23. The standard InChI is InChI=1S/C18H17N3O3/c1-11-5-3-6-12(2)16(11)21-10-13(9-15(21)22)17-19-18(24-20-17)14-7-4-8-23-14/h3-8,13H,9-10H2,1-2H3. The average molecular weight is 323 g/mol. The molecule has 0 saturated carbocycles. The van der Waals surface area contributed by atoms with Crippen LogP contribution < -0.4 is 4.90 Å². The molecule has 2 aromatic heterocycles. The highest BCUT2D eigenvalue weighted by Crippen LogP contribution is 2.34. The first-order valence-electron chi connectivity index (χ1n) is 7.87. The van der Waals surface area contributed by atoms with Crippen LogP contribution in [0.15, 0.2) is 45.5 Å². The smallest absolute Gasteiger partial charge is 0.293 e. The van der Waals surface area contributed by atoms with Gasteiger partial charge in [0.15, 0.2) is 11.6 Å². The molecule has 24 heavy (non-hydrogen) atoms. The SMILES string of the molecule is Cc1cccc(C)c1N1CC(c2noc(-c3ccco3)n2)CC1=O. The minimum Gasteiger partial charge on any atom is -0.459 e. The maximum absolute atomic E-state index is 12.5. The molecule has 0 aliphatic carbocycles. The first kappa shape index (κ1) is 14.7. The van der Waals surface area contributed by atoms with Crippen LogP contribution in [0.4, 0.5) is 5.69 Å². The Morgan fingerprint density at radius 3 is 2.67 bits per heavy atom. The number of aryl methyl sites for hydroxylation is 2. The van der Waals surface area contributed by atoms with Gasteiger partial charge >= 0.3 is 0 Å². The number of aromatic nitrogens is 2. The highest BCUT2D eigenvalue weighted by atomic mass is 16.5. The van der Waals surface area contributed by atoms with E-state index >= 15 is 0 Å². The summed E-state index contributed by atoms with van der Waals surface area (Å²) in [6, 6.07) is 9.57. The van der Waals surface area contributed by atoms with Crippen molar-refractivity contribution in [1.29, 1.82) is 0 Å². The Labute approximate surface area is 139 Å². The molecule has 0 bridgehead atoms. The van der Waals surface area contributed by atoms with Gasteiger partial charge in [-0.1, -0.05) is 23.4 Å². The molecule has 3 aromatic rings. The molecule has 122 valence electrons. The van der Waals surface area contributed by atoms with Crippen LogP contribution in [-0.4, -0.2) is 22.6 Å². The third kappa shape index (κ3) is 2.40. The molecule has 1 atom stereocenters. The normalized spacial score (nSPS) is 17.7. The summed E-state index contributed by atoms with van der Waals surface area (Å²) in [5, 5.41) is 4.04. The van der Waals surface area contributed by atoms with Crippen molar-refractivity contribution < 1.29 is 13.7 Å². The van der Waals surface area contributed by atoms with Gasteiger partial charge in [-0.3, -0.25) is 4.79 Å². The number of hydrogen-bond acceptors (Lipinski definition) is 5. The zero-order valence-corrected chi connectivity index (χ0v) is 13.5. The number of para-hydroxylation sites is 1. The lowest BCUT2D eigenvalue weighted by atomic mass is 10.1. The van der Waals surface area contributed by atoms with Gasteiger partial charge in [0.25, 0.3) is 5.89 Å². The molecule has 1 aliphatic heterocycles. The van der Waals surface area contributed by atoms with E-state index in [9.17, 15) is 4.79 Å². The van der Waals surface area contributed by atoms with Gasteiger partial charge in [-0.2, -0.15) is 4.98 Å². The van der Waals surface area contributed by atoms with Crippen LogP contribution in [0, 0.1) is 13.8 Å². The fourth-order valence-electron chi connectivity index (χ4n) is 3.23. The van der Waals surface area contributed by atoms with Gasteiger partial charge in [0.05, 0.1) is 6.26 Å². The molecule has 1 fully saturated rings. The maximum Gasteiger partial charge on any atom is 0.293 e. The van der Waals surface area contributed by atoms with Crippen molar-refractivity contribution >= 4 is 11.6 Å². The van der Waals surface area contributed by atoms with Crippen molar-refractivity contribution in [3.8, 4) is 11.7 Å². The number of benzene rings is 1. The third-order valence-corrected chi connectivity index (χ3v) is 4.37. The van der Waals surface area contributed by atoms with Gasteiger partial charge in [0.1, 0.15) is 0 Å². The predicted octanol–water partition coefficient (Wildman–Crippen LogP) is 3.47. The van der Waals surface area contributed by atoms with Crippen LogP contribution in [-0.2, 0) is 4.79 Å². The van der Waals surface area contributed by atoms with E-state index in [1.807, 2.05) is 36.9 Å². The summed E-state index contributed by atoms with van der Waals surface area (Å²) in [6.45, 7) is 4.60. The van der Waals surface area contributed by atoms with Gasteiger partial charge < -0.3 is 13.8 Å². The number of hydrogen-bond donors (Lipinski definition) is 0. The summed E-state index contributed by atoms with van der Waals surface area (Å²) < 4.78 is 10.5. The molecule has 1 unspecified atom stereocenters. The Bertz CT molecular complexity index is 863. The summed E-state index contributed by atoms with van der Waals surface area (Å²) in [5.74, 6) is 1.42. The molecule has 1 amide bonds. The molecule has 0 N–H and O–H groups in total. The quantitative estimate of drug-likeness (QED) is 0.738. The highest BCUT2D eigenvalue weighted by molar-refractivity contribution is 5.97. The molecule has 0 radical (unpaired) electrons. The van der Waals surface area contributed by atoms with Gasteiger partial charge in [-0.05, 0) is 37.1 Å². The van der Waals surface area contributed by atoms with Gasteiger partial charge in [-0.25, -0.2) is 0 Å². The van der Waals surface area contributed by atoms with E-state index in [1.54, 1.807) is 18.4 Å². The van der Waals surface area contributed by atoms with Crippen LogP contribution in [0.1, 0.15) is 29.3 Å². The van der Waals surface area contributed by atoms with Crippen LogP contribution in [0.2, 0.25) is 0 Å². The van der Waals surface area contributed by atoms with Crippen molar-refractivity contribution in [2.45, 2.75) is 26.2 Å². The van der Waals surface area contributed by atoms with Crippen molar-refractivity contribution in [1.82, 2.24) is 10.1 Å². The summed E-state index contributed by atoms with van der Waals surface area (Å²) in [4.78, 5) is 18.7. The minimum absolute atomic E-state index is 0.0797. The average Bonchev–Trinajstić information content (AvgIpc) is 3.26. The van der Waals surface area contributed by atoms with Crippen LogP contribution >= 0.6 is 0 Å². The molecule has 3 heterocycles. The van der Waals surface area contributed by atoms with Crippen LogP contribution in [0.3, 0.4) is 0 Å². The Morgan fingerprint density at radius 1 is 1.17 bits per heavy atom. The lowest BCUT2D eigenvalue weighted by molar-refractivity contribution is -0.117. The van der Waals surface area contributed by atoms with Crippen molar-refractivity contribution in [2.75, 3.05) is 11.4 Å². The second kappa shape index (κ2) is 5.63. The van der Waals surface area contributed by atoms with E-state index in [1.165, 1.54) is 0 Å². The zero-order valence-electron chi connectivity index (χ0n) is 13.5. The third-order valence-electron chi connectivity index (χ3n) is 4.37. The molecular formula is C18H17N3O3. The Hall–Kier alpha value is -2.89. The molecule has 1 saturated heterocycles. The molecule has 4 rings (SSSR count). The topological polar surface area (TPSA) is 72.4 Å². The molecule has 1 aliphatic rings. The van der Waals surface area contributed by atoms with Crippen molar-refractivity contribution in [3.63, 3.8) is 0 Å². The zero-order chi connectivity index (χ0) is 16.7. The van der Waals surface area contributed by atoms with Crippen LogP contribution in [0.25, 0.3) is 11.7 Å². The van der Waals surface area contributed by atoms with E-state index in [4.69, 9.17) is 8.94 Å². The second-order valence-electron chi connectivity index (χ2n) is 6.08. The number of nitrogens with zero attached hydrogens (tertiary/aromatic N) is 3. The fraction of sp³-hybridized carbons (Fsp3) is 0.278. The Morgan fingerprint density at radius 2 is 1.96 bits per heavy atom.